The van der Waals surface area contributed by atoms with Gasteiger partial charge in [0.1, 0.15) is 13.2 Å². The summed E-state index contributed by atoms with van der Waals surface area (Å²) in [6.07, 6.45) is 68.5. The number of esters is 3. The average molecular weight is 990 g/mol. The van der Waals surface area contributed by atoms with Crippen LogP contribution in [-0.4, -0.2) is 37.2 Å². The van der Waals surface area contributed by atoms with Crippen molar-refractivity contribution in [2.45, 2.75) is 380 Å². The number of carbonyl (C=O) groups excluding carboxylic acids is 3. The van der Waals surface area contributed by atoms with Crippen LogP contribution in [0.25, 0.3) is 0 Å². The van der Waals surface area contributed by atoms with Gasteiger partial charge in [0.05, 0.1) is 0 Å². The number of ether oxygens (including phenoxy) is 3. The summed E-state index contributed by atoms with van der Waals surface area (Å²) in [5.74, 6) is -0.834. The Labute approximate surface area is 438 Å². The van der Waals surface area contributed by atoms with Crippen LogP contribution in [0, 0.1) is 0 Å². The van der Waals surface area contributed by atoms with Crippen molar-refractivity contribution in [1.29, 1.82) is 0 Å². The smallest absolute Gasteiger partial charge is 0.306 e. The first kappa shape index (κ1) is 68.4. The molecule has 0 bridgehead atoms. The number of rotatable bonds is 60. The quantitative estimate of drug-likeness (QED) is 0.0343. The van der Waals surface area contributed by atoms with Gasteiger partial charge >= 0.3 is 17.9 Å². The van der Waals surface area contributed by atoms with Gasteiger partial charge in [0.2, 0.25) is 0 Å². The van der Waals surface area contributed by atoms with E-state index in [2.05, 4.69) is 20.8 Å². The van der Waals surface area contributed by atoms with E-state index in [0.717, 1.165) is 57.8 Å². The van der Waals surface area contributed by atoms with Crippen molar-refractivity contribution in [3.63, 3.8) is 0 Å². The SMILES string of the molecule is CCCCCCCCCCCCCCCCCCCCCCCCCCCC(=O)OCC(COC(=O)CCCCCCCCCC)OC(=O)CCCCCCCCCCCCCCCCCCCCC. The Kier molecular flexibility index (Phi) is 58.6. The fourth-order valence-corrected chi connectivity index (χ4v) is 10.0. The molecule has 0 heterocycles. The number of unbranched alkanes of at least 4 members (excludes halogenated alkanes) is 49. The van der Waals surface area contributed by atoms with E-state index < -0.39 is 6.10 Å². The first-order valence-electron chi connectivity index (χ1n) is 32.0. The molecule has 0 N–H and O–H groups in total. The summed E-state index contributed by atoms with van der Waals surface area (Å²) in [6, 6.07) is 0. The number of carbonyl (C=O) groups is 3. The first-order chi connectivity index (χ1) is 34.5. The van der Waals surface area contributed by atoms with Gasteiger partial charge in [0.25, 0.3) is 0 Å². The van der Waals surface area contributed by atoms with Gasteiger partial charge in [0.15, 0.2) is 6.10 Å². The second-order valence-electron chi connectivity index (χ2n) is 22.1. The highest BCUT2D eigenvalue weighted by molar-refractivity contribution is 5.71. The van der Waals surface area contributed by atoms with Crippen molar-refractivity contribution >= 4 is 17.9 Å². The van der Waals surface area contributed by atoms with E-state index in [4.69, 9.17) is 14.2 Å². The van der Waals surface area contributed by atoms with Crippen LogP contribution >= 0.6 is 0 Å². The van der Waals surface area contributed by atoms with Gasteiger partial charge in [-0.15, -0.1) is 0 Å². The van der Waals surface area contributed by atoms with Gasteiger partial charge in [-0.05, 0) is 19.3 Å². The Bertz CT molecular complexity index is 1040. The summed E-state index contributed by atoms with van der Waals surface area (Å²) in [6.45, 7) is 6.69. The third-order valence-corrected chi connectivity index (χ3v) is 14.9. The summed E-state index contributed by atoms with van der Waals surface area (Å²) >= 11 is 0. The van der Waals surface area contributed by atoms with Crippen LogP contribution in [-0.2, 0) is 28.6 Å². The summed E-state index contributed by atoms with van der Waals surface area (Å²) in [5, 5.41) is 0. The van der Waals surface area contributed by atoms with Crippen molar-refractivity contribution in [2.75, 3.05) is 13.2 Å². The predicted molar refractivity (Wildman–Crippen MR) is 303 cm³/mol. The Morgan fingerprint density at radius 1 is 0.229 bits per heavy atom. The number of hydrogen-bond acceptors (Lipinski definition) is 6. The molecule has 0 spiro atoms. The molecule has 0 fully saturated rings. The van der Waals surface area contributed by atoms with Crippen molar-refractivity contribution in [3.8, 4) is 0 Å². The molecule has 0 aliphatic heterocycles. The summed E-state index contributed by atoms with van der Waals surface area (Å²) < 4.78 is 16.9. The minimum absolute atomic E-state index is 0.0613. The molecule has 0 radical (unpaired) electrons. The molecule has 1 atom stereocenters. The van der Waals surface area contributed by atoms with Crippen molar-refractivity contribution < 1.29 is 28.6 Å². The fourth-order valence-electron chi connectivity index (χ4n) is 10.0. The van der Waals surface area contributed by atoms with Crippen LogP contribution < -0.4 is 0 Å². The molecule has 0 saturated heterocycles. The highest BCUT2D eigenvalue weighted by Gasteiger charge is 2.19. The van der Waals surface area contributed by atoms with Gasteiger partial charge in [0, 0.05) is 19.3 Å². The van der Waals surface area contributed by atoms with Crippen molar-refractivity contribution in [2.24, 2.45) is 0 Å². The van der Waals surface area contributed by atoms with Crippen molar-refractivity contribution in [1.82, 2.24) is 0 Å². The zero-order valence-electron chi connectivity index (χ0n) is 47.8. The van der Waals surface area contributed by atoms with Gasteiger partial charge < -0.3 is 14.2 Å². The van der Waals surface area contributed by atoms with Gasteiger partial charge in [-0.3, -0.25) is 14.4 Å². The Hall–Kier alpha value is -1.59. The standard InChI is InChI=1S/C64H124O6/c1-4-7-10-13-16-19-21-23-25-27-29-30-31-32-33-34-36-37-39-41-43-45-48-51-54-57-63(66)69-60-61(59-68-62(65)56-53-50-47-18-15-12-9-6-3)70-64(67)58-55-52-49-46-44-42-40-38-35-28-26-24-22-20-17-14-11-8-5-2/h61H,4-60H2,1-3H3. The maximum atomic E-state index is 12.9. The highest BCUT2D eigenvalue weighted by Crippen LogP contribution is 2.19. The van der Waals surface area contributed by atoms with Gasteiger partial charge in [-0.1, -0.05) is 335 Å². The molecule has 6 heteroatoms. The zero-order valence-corrected chi connectivity index (χ0v) is 47.8. The van der Waals surface area contributed by atoms with Crippen LogP contribution in [0.5, 0.6) is 0 Å². The lowest BCUT2D eigenvalue weighted by Gasteiger charge is -2.18. The third-order valence-electron chi connectivity index (χ3n) is 14.9. The normalized spacial score (nSPS) is 11.9. The van der Waals surface area contributed by atoms with Crippen LogP contribution in [0.4, 0.5) is 0 Å². The number of hydrogen-bond donors (Lipinski definition) is 0. The zero-order chi connectivity index (χ0) is 50.7. The minimum Gasteiger partial charge on any atom is -0.462 e. The molecular formula is C64H124O6. The molecule has 0 amide bonds. The van der Waals surface area contributed by atoms with Gasteiger partial charge in [-0.25, -0.2) is 0 Å². The van der Waals surface area contributed by atoms with E-state index in [0.29, 0.717) is 19.3 Å². The molecule has 0 aliphatic rings. The Morgan fingerprint density at radius 2 is 0.386 bits per heavy atom. The summed E-state index contributed by atoms with van der Waals surface area (Å²) in [5.41, 5.74) is 0. The van der Waals surface area contributed by atoms with Gasteiger partial charge in [-0.2, -0.15) is 0 Å². The van der Waals surface area contributed by atoms with E-state index in [1.54, 1.807) is 0 Å². The molecule has 416 valence electrons. The molecule has 0 aromatic carbocycles. The largest absolute Gasteiger partial charge is 0.462 e. The highest BCUT2D eigenvalue weighted by atomic mass is 16.6. The molecular weight excluding hydrogens is 865 g/mol. The lowest BCUT2D eigenvalue weighted by Crippen LogP contribution is -2.30. The predicted octanol–water partition coefficient (Wildman–Crippen LogP) is 21.5. The first-order valence-corrected chi connectivity index (χ1v) is 32.0. The summed E-state index contributed by atoms with van der Waals surface area (Å²) in [7, 11) is 0. The molecule has 0 saturated carbocycles. The second kappa shape index (κ2) is 60.0. The Morgan fingerprint density at radius 3 is 0.571 bits per heavy atom. The van der Waals surface area contributed by atoms with Crippen LogP contribution in [0.15, 0.2) is 0 Å². The van der Waals surface area contributed by atoms with E-state index in [1.807, 2.05) is 0 Å². The third kappa shape index (κ3) is 57.3. The van der Waals surface area contributed by atoms with Crippen LogP contribution in [0.1, 0.15) is 374 Å². The molecule has 70 heavy (non-hydrogen) atoms. The van der Waals surface area contributed by atoms with E-state index in [-0.39, 0.29) is 31.1 Å². The lowest BCUT2D eigenvalue weighted by atomic mass is 10.0. The minimum atomic E-state index is -0.761. The maximum Gasteiger partial charge on any atom is 0.306 e. The topological polar surface area (TPSA) is 78.9 Å². The van der Waals surface area contributed by atoms with Crippen LogP contribution in [0.2, 0.25) is 0 Å². The lowest BCUT2D eigenvalue weighted by molar-refractivity contribution is -0.167. The van der Waals surface area contributed by atoms with E-state index >= 15 is 0 Å². The van der Waals surface area contributed by atoms with E-state index in [9.17, 15) is 14.4 Å². The second-order valence-corrected chi connectivity index (χ2v) is 22.1. The molecule has 0 aromatic heterocycles. The molecule has 0 aromatic rings. The maximum absolute atomic E-state index is 12.9. The molecule has 0 rings (SSSR count). The summed E-state index contributed by atoms with van der Waals surface area (Å²) in [4.78, 5) is 38.1. The van der Waals surface area contributed by atoms with Crippen molar-refractivity contribution in [3.05, 3.63) is 0 Å². The molecule has 6 nitrogen and oxygen atoms in total. The fraction of sp³-hybridized carbons (Fsp3) is 0.953. The monoisotopic (exact) mass is 989 g/mol. The van der Waals surface area contributed by atoms with E-state index in [1.165, 1.54) is 276 Å². The Balaban J connectivity index is 4.08. The molecule has 0 aliphatic carbocycles. The molecule has 1 unspecified atom stereocenters. The van der Waals surface area contributed by atoms with Crippen LogP contribution in [0.3, 0.4) is 0 Å². The average Bonchev–Trinajstić information content (AvgIpc) is 3.36.